The normalized spacial score (nSPS) is 14.7. The monoisotopic (exact) mass is 494 g/mol. The number of halogens is 1. The lowest BCUT2D eigenvalue weighted by Gasteiger charge is -2.33. The van der Waals surface area contributed by atoms with Gasteiger partial charge in [0, 0.05) is 24.1 Å². The topological polar surface area (TPSA) is 91.4 Å². The Kier molecular flexibility index (Phi) is 8.20. The van der Waals surface area contributed by atoms with Crippen LogP contribution in [0.1, 0.15) is 53.4 Å². The van der Waals surface area contributed by atoms with Gasteiger partial charge < -0.3 is 10.6 Å². The van der Waals surface area contributed by atoms with E-state index in [2.05, 4.69) is 15.6 Å². The summed E-state index contributed by atoms with van der Waals surface area (Å²) >= 11 is 1.26. The third kappa shape index (κ3) is 6.30. The zero-order valence-corrected chi connectivity index (χ0v) is 20.0. The molecular weight excluding hydrogens is 467 g/mol. The average Bonchev–Trinajstić information content (AvgIpc) is 3.42. The number of nitrogens with one attached hydrogen (secondary N) is 2. The standard InChI is InChI=1S/C26H27FN4O3S/c27-19-6-4-9-21(16-19)31(23(32)17-29-25(33)22-10-5-15-35-22)24(18-11-13-28-14-12-18)26(34)30-20-7-2-1-3-8-20/h4-6,9-16,20,24H,1-3,7-8,17H2,(H,29,33)(H,30,34). The Morgan fingerprint density at radius 3 is 2.51 bits per heavy atom. The summed E-state index contributed by atoms with van der Waals surface area (Å²) in [4.78, 5) is 45.4. The lowest BCUT2D eigenvalue weighted by molar-refractivity contribution is -0.127. The summed E-state index contributed by atoms with van der Waals surface area (Å²) < 4.78 is 14.2. The zero-order valence-electron chi connectivity index (χ0n) is 19.2. The Morgan fingerprint density at radius 2 is 1.83 bits per heavy atom. The van der Waals surface area contributed by atoms with E-state index in [9.17, 15) is 18.8 Å². The maximum absolute atomic E-state index is 14.2. The Labute approximate surface area is 207 Å². The van der Waals surface area contributed by atoms with Gasteiger partial charge in [0.25, 0.3) is 5.91 Å². The second-order valence-corrected chi connectivity index (χ2v) is 9.38. The molecule has 182 valence electrons. The predicted octanol–water partition coefficient (Wildman–Crippen LogP) is 4.24. The van der Waals surface area contributed by atoms with Crippen molar-refractivity contribution in [2.75, 3.05) is 11.4 Å². The molecule has 1 aromatic carbocycles. The van der Waals surface area contributed by atoms with Crippen LogP contribution in [0.15, 0.2) is 66.3 Å². The number of carbonyl (C=O) groups excluding carboxylic acids is 3. The van der Waals surface area contributed by atoms with Crippen LogP contribution in [0.3, 0.4) is 0 Å². The molecule has 3 aromatic rings. The average molecular weight is 495 g/mol. The van der Waals surface area contributed by atoms with E-state index < -0.39 is 17.8 Å². The van der Waals surface area contributed by atoms with Gasteiger partial charge in [0.1, 0.15) is 11.9 Å². The first-order chi connectivity index (χ1) is 17.0. The van der Waals surface area contributed by atoms with E-state index in [-0.39, 0.29) is 30.1 Å². The number of hydrogen-bond acceptors (Lipinski definition) is 5. The minimum Gasteiger partial charge on any atom is -0.351 e. The van der Waals surface area contributed by atoms with Crippen molar-refractivity contribution in [2.45, 2.75) is 44.2 Å². The molecule has 3 amide bonds. The van der Waals surface area contributed by atoms with Gasteiger partial charge in [0.2, 0.25) is 11.8 Å². The van der Waals surface area contributed by atoms with Gasteiger partial charge in [-0.15, -0.1) is 11.3 Å². The molecule has 0 radical (unpaired) electrons. The van der Waals surface area contributed by atoms with Crippen molar-refractivity contribution in [2.24, 2.45) is 0 Å². The number of pyridine rings is 1. The fraction of sp³-hybridized carbons (Fsp3) is 0.308. The molecule has 0 saturated heterocycles. The largest absolute Gasteiger partial charge is 0.351 e. The molecule has 0 spiro atoms. The molecular formula is C26H27FN4O3S. The fourth-order valence-electron chi connectivity index (χ4n) is 4.29. The Bertz CT molecular complexity index is 1150. The van der Waals surface area contributed by atoms with Crippen molar-refractivity contribution in [1.82, 2.24) is 15.6 Å². The summed E-state index contributed by atoms with van der Waals surface area (Å²) in [5.74, 6) is -1.82. The third-order valence-electron chi connectivity index (χ3n) is 5.98. The van der Waals surface area contributed by atoms with Gasteiger partial charge in [-0.25, -0.2) is 4.39 Å². The van der Waals surface area contributed by atoms with Crippen molar-refractivity contribution >= 4 is 34.7 Å². The molecule has 1 fully saturated rings. The van der Waals surface area contributed by atoms with Crippen LogP contribution in [-0.4, -0.2) is 35.3 Å². The highest BCUT2D eigenvalue weighted by atomic mass is 32.1. The molecule has 9 heteroatoms. The van der Waals surface area contributed by atoms with Crippen LogP contribution in [0.2, 0.25) is 0 Å². The highest BCUT2D eigenvalue weighted by Gasteiger charge is 2.34. The molecule has 0 aliphatic heterocycles. The highest BCUT2D eigenvalue weighted by molar-refractivity contribution is 7.12. The van der Waals surface area contributed by atoms with Crippen LogP contribution < -0.4 is 15.5 Å². The van der Waals surface area contributed by atoms with Gasteiger partial charge >= 0.3 is 0 Å². The number of carbonyl (C=O) groups is 3. The molecule has 1 aliphatic carbocycles. The molecule has 0 bridgehead atoms. The van der Waals surface area contributed by atoms with Crippen LogP contribution in [0.5, 0.6) is 0 Å². The molecule has 7 nitrogen and oxygen atoms in total. The molecule has 35 heavy (non-hydrogen) atoms. The minimum atomic E-state index is -1.06. The highest BCUT2D eigenvalue weighted by Crippen LogP contribution is 2.29. The summed E-state index contributed by atoms with van der Waals surface area (Å²) in [5.41, 5.74) is 0.761. The van der Waals surface area contributed by atoms with Gasteiger partial charge in [-0.05, 0) is 60.2 Å². The smallest absolute Gasteiger partial charge is 0.261 e. The van der Waals surface area contributed by atoms with Crippen LogP contribution in [-0.2, 0) is 9.59 Å². The van der Waals surface area contributed by atoms with E-state index in [0.717, 1.165) is 32.1 Å². The molecule has 2 aromatic heterocycles. The summed E-state index contributed by atoms with van der Waals surface area (Å²) in [5, 5.41) is 7.48. The second kappa shape index (κ2) is 11.7. The predicted molar refractivity (Wildman–Crippen MR) is 133 cm³/mol. The summed E-state index contributed by atoms with van der Waals surface area (Å²) in [6.07, 6.45) is 8.04. The van der Waals surface area contributed by atoms with E-state index in [4.69, 9.17) is 0 Å². The molecule has 1 unspecified atom stereocenters. The van der Waals surface area contributed by atoms with Crippen LogP contribution in [0.4, 0.5) is 10.1 Å². The zero-order chi connectivity index (χ0) is 24.6. The van der Waals surface area contributed by atoms with Crippen LogP contribution in [0, 0.1) is 5.82 Å². The van der Waals surface area contributed by atoms with E-state index in [1.165, 1.54) is 34.4 Å². The Hall–Kier alpha value is -3.59. The van der Waals surface area contributed by atoms with Crippen molar-refractivity contribution in [3.8, 4) is 0 Å². The van der Waals surface area contributed by atoms with Crippen molar-refractivity contribution in [1.29, 1.82) is 0 Å². The first-order valence-electron chi connectivity index (χ1n) is 11.6. The Morgan fingerprint density at radius 1 is 1.06 bits per heavy atom. The fourth-order valence-corrected chi connectivity index (χ4v) is 4.93. The Balaban J connectivity index is 1.66. The number of nitrogens with zero attached hydrogens (tertiary/aromatic N) is 2. The summed E-state index contributed by atoms with van der Waals surface area (Å²) in [6, 6.07) is 11.2. The maximum Gasteiger partial charge on any atom is 0.261 e. The minimum absolute atomic E-state index is 0.0172. The number of aromatic nitrogens is 1. The quantitative estimate of drug-likeness (QED) is 0.490. The third-order valence-corrected chi connectivity index (χ3v) is 6.85. The van der Waals surface area contributed by atoms with Crippen LogP contribution in [0.25, 0.3) is 0 Å². The van der Waals surface area contributed by atoms with Crippen LogP contribution >= 0.6 is 11.3 Å². The molecule has 2 heterocycles. The number of benzene rings is 1. The lowest BCUT2D eigenvalue weighted by atomic mass is 9.94. The summed E-state index contributed by atoms with van der Waals surface area (Å²) in [7, 11) is 0. The molecule has 1 atom stereocenters. The maximum atomic E-state index is 14.2. The SMILES string of the molecule is O=C(NCC(=O)N(c1cccc(F)c1)C(C(=O)NC1CCCCC1)c1ccncc1)c1cccs1. The molecule has 1 saturated carbocycles. The molecule has 1 aliphatic rings. The van der Waals surface area contributed by atoms with E-state index in [0.29, 0.717) is 10.4 Å². The number of rotatable bonds is 8. The van der Waals surface area contributed by atoms with Gasteiger partial charge in [-0.3, -0.25) is 24.3 Å². The number of amides is 3. The second-order valence-electron chi connectivity index (χ2n) is 8.43. The van der Waals surface area contributed by atoms with E-state index in [1.807, 2.05) is 0 Å². The van der Waals surface area contributed by atoms with Crippen molar-refractivity contribution in [3.05, 3.63) is 82.6 Å². The van der Waals surface area contributed by atoms with Crippen molar-refractivity contribution < 1.29 is 18.8 Å². The number of hydrogen-bond donors (Lipinski definition) is 2. The van der Waals surface area contributed by atoms with Gasteiger partial charge in [0.15, 0.2) is 0 Å². The first-order valence-corrected chi connectivity index (χ1v) is 12.5. The van der Waals surface area contributed by atoms with Gasteiger partial charge in [0.05, 0.1) is 11.4 Å². The van der Waals surface area contributed by atoms with Gasteiger partial charge in [-0.2, -0.15) is 0 Å². The van der Waals surface area contributed by atoms with E-state index in [1.54, 1.807) is 48.1 Å². The number of anilines is 1. The van der Waals surface area contributed by atoms with Crippen molar-refractivity contribution in [3.63, 3.8) is 0 Å². The van der Waals surface area contributed by atoms with E-state index >= 15 is 0 Å². The summed E-state index contributed by atoms with van der Waals surface area (Å²) in [6.45, 7) is -0.356. The number of thiophene rings is 1. The lowest BCUT2D eigenvalue weighted by Crippen LogP contribution is -2.49. The molecule has 2 N–H and O–H groups in total. The van der Waals surface area contributed by atoms with Gasteiger partial charge in [-0.1, -0.05) is 31.4 Å². The first kappa shape index (κ1) is 24.5. The molecule has 4 rings (SSSR count).